The highest BCUT2D eigenvalue weighted by molar-refractivity contribution is 5.69. The van der Waals surface area contributed by atoms with Gasteiger partial charge in [0.1, 0.15) is 0 Å². The van der Waals surface area contributed by atoms with Gasteiger partial charge in [-0.15, -0.1) is 0 Å². The summed E-state index contributed by atoms with van der Waals surface area (Å²) in [5.41, 5.74) is 0. The van der Waals surface area contributed by atoms with Crippen LogP contribution in [-0.4, -0.2) is 12.6 Å². The van der Waals surface area contributed by atoms with Crippen LogP contribution in [0.3, 0.4) is 0 Å². The lowest BCUT2D eigenvalue weighted by atomic mass is 10.0. The number of unbranched alkanes of at least 4 members (excludes halogenated alkanes) is 18. The molecule has 2 nitrogen and oxygen atoms in total. The molecule has 2 heteroatoms. The van der Waals surface area contributed by atoms with Crippen LogP contribution in [0.25, 0.3) is 0 Å². The van der Waals surface area contributed by atoms with Gasteiger partial charge in [-0.2, -0.15) is 0 Å². The van der Waals surface area contributed by atoms with Crippen molar-refractivity contribution in [2.75, 3.05) is 6.61 Å². The van der Waals surface area contributed by atoms with E-state index in [1.54, 1.807) is 0 Å². The first kappa shape index (κ1) is 29.5. The first-order chi connectivity index (χ1) is 14.7. The fraction of sp³-hybridized carbons (Fsp3) is 0.964. The molecule has 0 aliphatic rings. The molecule has 0 aromatic carbocycles. The van der Waals surface area contributed by atoms with Crippen molar-refractivity contribution in [1.82, 2.24) is 0 Å². The zero-order valence-electron chi connectivity index (χ0n) is 21.2. The Labute approximate surface area is 190 Å². The predicted molar refractivity (Wildman–Crippen MR) is 133 cm³/mol. The number of hydrogen-bond acceptors (Lipinski definition) is 2. The fourth-order valence-electron chi connectivity index (χ4n) is 4.13. The number of esters is 1. The van der Waals surface area contributed by atoms with Crippen LogP contribution in [0.4, 0.5) is 0 Å². The standard InChI is InChI=1S/C28H56O2/c1-4-6-8-10-12-14-15-17-18-20-22-24-27(3)26-30-28(29)25-23-21-19-16-13-11-9-7-5-2/h27H,4-26H2,1-3H3. The molecule has 0 aromatic rings. The number of hydrogen-bond donors (Lipinski definition) is 0. The van der Waals surface area contributed by atoms with Gasteiger partial charge in [-0.05, 0) is 18.8 Å². The van der Waals surface area contributed by atoms with E-state index in [1.807, 2.05) is 0 Å². The molecule has 0 amide bonds. The zero-order valence-corrected chi connectivity index (χ0v) is 21.2. The summed E-state index contributed by atoms with van der Waals surface area (Å²) in [4.78, 5) is 11.9. The van der Waals surface area contributed by atoms with Crippen LogP contribution >= 0.6 is 0 Å². The van der Waals surface area contributed by atoms with Gasteiger partial charge >= 0.3 is 5.97 Å². The molecule has 0 aromatic heterocycles. The van der Waals surface area contributed by atoms with E-state index in [4.69, 9.17) is 4.74 Å². The van der Waals surface area contributed by atoms with Gasteiger partial charge in [0.05, 0.1) is 6.61 Å². The van der Waals surface area contributed by atoms with Crippen LogP contribution < -0.4 is 0 Å². The Morgan fingerprint density at radius 2 is 0.933 bits per heavy atom. The fourth-order valence-corrected chi connectivity index (χ4v) is 4.13. The maximum absolute atomic E-state index is 11.9. The Kier molecular flexibility index (Phi) is 24.3. The minimum Gasteiger partial charge on any atom is -0.465 e. The quantitative estimate of drug-likeness (QED) is 0.114. The summed E-state index contributed by atoms with van der Waals surface area (Å²) in [6.45, 7) is 7.39. The molecule has 0 bridgehead atoms. The maximum Gasteiger partial charge on any atom is 0.305 e. The Morgan fingerprint density at radius 3 is 1.37 bits per heavy atom. The average Bonchev–Trinajstić information content (AvgIpc) is 2.75. The first-order valence-corrected chi connectivity index (χ1v) is 13.9. The van der Waals surface area contributed by atoms with Gasteiger partial charge in [0.15, 0.2) is 0 Å². The molecule has 1 unspecified atom stereocenters. The highest BCUT2D eigenvalue weighted by Gasteiger charge is 2.07. The SMILES string of the molecule is CCCCCCCCCCCCCC(C)COC(=O)CCCCCCCCCCC. The Balaban J connectivity index is 3.29. The molecule has 30 heavy (non-hydrogen) atoms. The minimum atomic E-state index is 0.0173. The van der Waals surface area contributed by atoms with Crippen LogP contribution in [0.5, 0.6) is 0 Å². The van der Waals surface area contributed by atoms with Crippen molar-refractivity contribution in [3.63, 3.8) is 0 Å². The van der Waals surface area contributed by atoms with E-state index in [0.717, 1.165) is 6.42 Å². The maximum atomic E-state index is 11.9. The Bertz CT molecular complexity index is 340. The molecule has 180 valence electrons. The van der Waals surface area contributed by atoms with Crippen LogP contribution in [0.15, 0.2) is 0 Å². The molecular formula is C28H56O2. The number of ether oxygens (including phenoxy) is 1. The normalized spacial score (nSPS) is 12.2. The van der Waals surface area contributed by atoms with Crippen LogP contribution in [0.2, 0.25) is 0 Å². The second-order valence-electron chi connectivity index (χ2n) is 9.69. The van der Waals surface area contributed by atoms with Gasteiger partial charge in [0.2, 0.25) is 0 Å². The summed E-state index contributed by atoms with van der Waals surface area (Å²) in [5.74, 6) is 0.527. The highest BCUT2D eigenvalue weighted by atomic mass is 16.5. The van der Waals surface area contributed by atoms with Gasteiger partial charge in [-0.1, -0.05) is 143 Å². The molecule has 0 N–H and O–H groups in total. The predicted octanol–water partition coefficient (Wildman–Crippen LogP) is 9.79. The van der Waals surface area contributed by atoms with Crippen molar-refractivity contribution in [2.24, 2.45) is 5.92 Å². The monoisotopic (exact) mass is 424 g/mol. The molecule has 0 heterocycles. The van der Waals surface area contributed by atoms with Gasteiger partial charge in [-0.3, -0.25) is 4.79 Å². The van der Waals surface area contributed by atoms with Crippen LogP contribution in [0, 0.1) is 5.92 Å². The number of rotatable bonds is 24. The minimum absolute atomic E-state index is 0.0173. The molecule has 0 fully saturated rings. The van der Waals surface area contributed by atoms with Crippen molar-refractivity contribution in [3.8, 4) is 0 Å². The molecule has 0 rings (SSSR count). The van der Waals surface area contributed by atoms with E-state index in [9.17, 15) is 4.79 Å². The summed E-state index contributed by atoms with van der Waals surface area (Å²) in [6.07, 6.45) is 28.7. The summed E-state index contributed by atoms with van der Waals surface area (Å²) >= 11 is 0. The van der Waals surface area contributed by atoms with Crippen molar-refractivity contribution < 1.29 is 9.53 Å². The van der Waals surface area contributed by atoms with E-state index >= 15 is 0 Å². The van der Waals surface area contributed by atoms with Gasteiger partial charge in [-0.25, -0.2) is 0 Å². The molecule has 0 saturated carbocycles. The van der Waals surface area contributed by atoms with E-state index in [-0.39, 0.29) is 5.97 Å². The topological polar surface area (TPSA) is 26.3 Å². The van der Waals surface area contributed by atoms with E-state index in [0.29, 0.717) is 18.9 Å². The van der Waals surface area contributed by atoms with Gasteiger partial charge < -0.3 is 4.74 Å². The number of carbonyl (C=O) groups excluding carboxylic acids is 1. The van der Waals surface area contributed by atoms with Crippen molar-refractivity contribution in [1.29, 1.82) is 0 Å². The Hall–Kier alpha value is -0.530. The number of carbonyl (C=O) groups is 1. The molecule has 0 radical (unpaired) electrons. The summed E-state index contributed by atoms with van der Waals surface area (Å²) in [5, 5.41) is 0. The second-order valence-corrected chi connectivity index (χ2v) is 9.69. The van der Waals surface area contributed by atoms with E-state index < -0.39 is 0 Å². The molecule has 0 aliphatic carbocycles. The molecular weight excluding hydrogens is 368 g/mol. The lowest BCUT2D eigenvalue weighted by Gasteiger charge is -2.12. The average molecular weight is 425 g/mol. The van der Waals surface area contributed by atoms with E-state index in [2.05, 4.69) is 20.8 Å². The lowest BCUT2D eigenvalue weighted by Crippen LogP contribution is -2.11. The van der Waals surface area contributed by atoms with Crippen molar-refractivity contribution in [3.05, 3.63) is 0 Å². The molecule has 0 spiro atoms. The first-order valence-electron chi connectivity index (χ1n) is 13.9. The van der Waals surface area contributed by atoms with Gasteiger partial charge in [0, 0.05) is 6.42 Å². The van der Waals surface area contributed by atoms with Gasteiger partial charge in [0.25, 0.3) is 0 Å². The van der Waals surface area contributed by atoms with Crippen LogP contribution in [0.1, 0.15) is 162 Å². The second kappa shape index (κ2) is 24.7. The third-order valence-corrected chi connectivity index (χ3v) is 6.31. The zero-order chi connectivity index (χ0) is 22.1. The molecule has 0 aliphatic heterocycles. The third kappa shape index (κ3) is 23.7. The third-order valence-electron chi connectivity index (χ3n) is 6.31. The molecule has 0 saturated heterocycles. The summed E-state index contributed by atoms with van der Waals surface area (Å²) in [6, 6.07) is 0. The largest absolute Gasteiger partial charge is 0.465 e. The van der Waals surface area contributed by atoms with Crippen molar-refractivity contribution in [2.45, 2.75) is 162 Å². The smallest absolute Gasteiger partial charge is 0.305 e. The van der Waals surface area contributed by atoms with E-state index in [1.165, 1.54) is 128 Å². The van der Waals surface area contributed by atoms with Crippen LogP contribution in [-0.2, 0) is 9.53 Å². The highest BCUT2D eigenvalue weighted by Crippen LogP contribution is 2.15. The summed E-state index contributed by atoms with van der Waals surface area (Å²) < 4.78 is 5.49. The molecule has 1 atom stereocenters. The Morgan fingerprint density at radius 1 is 0.567 bits per heavy atom. The van der Waals surface area contributed by atoms with Crippen molar-refractivity contribution >= 4 is 5.97 Å². The lowest BCUT2D eigenvalue weighted by molar-refractivity contribution is -0.145. The summed E-state index contributed by atoms with van der Waals surface area (Å²) in [7, 11) is 0.